The Kier molecular flexibility index (Phi) is 6.51. The van der Waals surface area contributed by atoms with Crippen molar-refractivity contribution >= 4 is 23.0 Å². The van der Waals surface area contributed by atoms with E-state index in [2.05, 4.69) is 15.5 Å². The molecule has 0 aliphatic heterocycles. The molecule has 3 aromatic carbocycles. The number of hydrogen-bond acceptors (Lipinski definition) is 4. The van der Waals surface area contributed by atoms with Crippen LogP contribution in [0.3, 0.4) is 0 Å². The number of carbonyl (C=O) groups excluding carboxylic acids is 1. The van der Waals surface area contributed by atoms with Crippen molar-refractivity contribution in [2.75, 3.05) is 6.61 Å². The molecule has 4 rings (SSSR count). The summed E-state index contributed by atoms with van der Waals surface area (Å²) >= 11 is 0. The van der Waals surface area contributed by atoms with Crippen molar-refractivity contribution in [3.63, 3.8) is 0 Å². The molecule has 0 atom stereocenters. The number of hydrogen-bond donors (Lipinski definition) is 2. The normalized spacial score (nSPS) is 11.1. The average molecular weight is 428 g/mol. The van der Waals surface area contributed by atoms with E-state index in [1.165, 1.54) is 0 Å². The number of aromatic amines is 1. The van der Waals surface area contributed by atoms with Crippen LogP contribution in [0.4, 0.5) is 0 Å². The summed E-state index contributed by atoms with van der Waals surface area (Å²) in [5.74, 6) is 1.31. The van der Waals surface area contributed by atoms with E-state index in [0.29, 0.717) is 18.8 Å². The SMILES string of the molecule is CCOc1ccc(OCc2ccc(C(=O)N/N=C\c3c(C)[nH]c4ccccc34)cc2)cc1. The summed E-state index contributed by atoms with van der Waals surface area (Å²) in [7, 11) is 0. The molecule has 0 fully saturated rings. The number of fused-ring (bicyclic) bond motifs is 1. The Bertz CT molecular complexity index is 1230. The lowest BCUT2D eigenvalue weighted by Gasteiger charge is -2.08. The van der Waals surface area contributed by atoms with E-state index in [1.54, 1.807) is 18.3 Å². The average Bonchev–Trinajstić information content (AvgIpc) is 3.14. The molecule has 2 N–H and O–H groups in total. The number of hydrazone groups is 1. The first-order valence-electron chi connectivity index (χ1n) is 10.5. The van der Waals surface area contributed by atoms with Gasteiger partial charge in [-0.2, -0.15) is 5.10 Å². The first kappa shape index (κ1) is 21.2. The third-order valence-corrected chi connectivity index (χ3v) is 5.06. The molecule has 0 unspecified atom stereocenters. The molecular weight excluding hydrogens is 402 g/mol. The van der Waals surface area contributed by atoms with Crippen molar-refractivity contribution in [2.45, 2.75) is 20.5 Å². The minimum atomic E-state index is -0.266. The lowest BCUT2D eigenvalue weighted by atomic mass is 10.1. The molecule has 0 bridgehead atoms. The summed E-state index contributed by atoms with van der Waals surface area (Å²) in [5.41, 5.74) is 7.10. The third kappa shape index (κ3) is 4.98. The number of carbonyl (C=O) groups is 1. The summed E-state index contributed by atoms with van der Waals surface area (Å²) in [5, 5.41) is 5.21. The number of nitrogens with one attached hydrogen (secondary N) is 2. The van der Waals surface area contributed by atoms with Crippen molar-refractivity contribution in [3.05, 3.63) is 95.2 Å². The molecule has 0 spiro atoms. The van der Waals surface area contributed by atoms with E-state index in [9.17, 15) is 4.79 Å². The second kappa shape index (κ2) is 9.83. The van der Waals surface area contributed by atoms with Crippen LogP contribution in [0.1, 0.15) is 34.1 Å². The number of ether oxygens (including phenoxy) is 2. The highest BCUT2D eigenvalue weighted by Gasteiger charge is 2.07. The molecule has 4 aromatic rings. The number of rotatable bonds is 8. The molecule has 162 valence electrons. The summed E-state index contributed by atoms with van der Waals surface area (Å²) < 4.78 is 11.2. The predicted octanol–water partition coefficient (Wildman–Crippen LogP) is 5.22. The maximum Gasteiger partial charge on any atom is 0.271 e. The number of aromatic nitrogens is 1. The second-order valence-corrected chi connectivity index (χ2v) is 7.30. The van der Waals surface area contributed by atoms with Gasteiger partial charge in [0.15, 0.2) is 0 Å². The van der Waals surface area contributed by atoms with Gasteiger partial charge in [0, 0.05) is 27.7 Å². The van der Waals surface area contributed by atoms with Gasteiger partial charge in [0.25, 0.3) is 5.91 Å². The number of H-pyrrole nitrogens is 1. The molecule has 0 aliphatic carbocycles. The Hall–Kier alpha value is -4.06. The molecule has 1 heterocycles. The fourth-order valence-electron chi connectivity index (χ4n) is 3.40. The molecule has 0 saturated carbocycles. The van der Waals surface area contributed by atoms with Crippen molar-refractivity contribution in [3.8, 4) is 11.5 Å². The highest BCUT2D eigenvalue weighted by Crippen LogP contribution is 2.20. The smallest absolute Gasteiger partial charge is 0.271 e. The Morgan fingerprint density at radius 2 is 1.66 bits per heavy atom. The summed E-state index contributed by atoms with van der Waals surface area (Å²) in [6.07, 6.45) is 1.67. The highest BCUT2D eigenvalue weighted by molar-refractivity contribution is 6.01. The minimum absolute atomic E-state index is 0.266. The maximum absolute atomic E-state index is 12.4. The molecule has 0 aliphatic rings. The number of para-hydroxylation sites is 1. The van der Waals surface area contributed by atoms with Crippen LogP contribution in [-0.2, 0) is 6.61 Å². The lowest BCUT2D eigenvalue weighted by Crippen LogP contribution is -2.17. The highest BCUT2D eigenvalue weighted by atomic mass is 16.5. The van der Waals surface area contributed by atoms with Crippen LogP contribution in [0.2, 0.25) is 0 Å². The van der Waals surface area contributed by atoms with Crippen LogP contribution in [0, 0.1) is 6.92 Å². The summed E-state index contributed by atoms with van der Waals surface area (Å²) in [6.45, 7) is 4.98. The van der Waals surface area contributed by atoms with Gasteiger partial charge in [-0.15, -0.1) is 0 Å². The first-order valence-corrected chi connectivity index (χ1v) is 10.5. The van der Waals surface area contributed by atoms with Crippen molar-refractivity contribution in [2.24, 2.45) is 5.10 Å². The van der Waals surface area contributed by atoms with E-state index in [-0.39, 0.29) is 5.91 Å². The van der Waals surface area contributed by atoms with E-state index in [1.807, 2.05) is 74.5 Å². The van der Waals surface area contributed by atoms with Gasteiger partial charge < -0.3 is 14.5 Å². The van der Waals surface area contributed by atoms with Crippen molar-refractivity contribution in [1.82, 2.24) is 10.4 Å². The molecule has 0 radical (unpaired) electrons. The number of aryl methyl sites for hydroxylation is 1. The van der Waals surface area contributed by atoms with Crippen LogP contribution < -0.4 is 14.9 Å². The quantitative estimate of drug-likeness (QED) is 0.299. The van der Waals surface area contributed by atoms with Crippen LogP contribution in [0.25, 0.3) is 10.9 Å². The van der Waals surface area contributed by atoms with Crippen LogP contribution >= 0.6 is 0 Å². The van der Waals surface area contributed by atoms with E-state index < -0.39 is 0 Å². The second-order valence-electron chi connectivity index (χ2n) is 7.30. The fraction of sp³-hybridized carbons (Fsp3) is 0.154. The molecular formula is C26H25N3O3. The van der Waals surface area contributed by atoms with E-state index >= 15 is 0 Å². The van der Waals surface area contributed by atoms with E-state index in [0.717, 1.165) is 39.2 Å². The number of nitrogens with zero attached hydrogens (tertiary/aromatic N) is 1. The van der Waals surface area contributed by atoms with Gasteiger partial charge in [-0.25, -0.2) is 5.43 Å². The topological polar surface area (TPSA) is 75.7 Å². The minimum Gasteiger partial charge on any atom is -0.494 e. The molecule has 32 heavy (non-hydrogen) atoms. The first-order chi connectivity index (χ1) is 15.6. The monoisotopic (exact) mass is 427 g/mol. The Morgan fingerprint density at radius 1 is 0.969 bits per heavy atom. The predicted molar refractivity (Wildman–Crippen MR) is 126 cm³/mol. The maximum atomic E-state index is 12.4. The molecule has 0 saturated heterocycles. The van der Waals surface area contributed by atoms with Crippen molar-refractivity contribution < 1.29 is 14.3 Å². The largest absolute Gasteiger partial charge is 0.494 e. The van der Waals surface area contributed by atoms with Crippen LogP contribution in [0.5, 0.6) is 11.5 Å². The van der Waals surface area contributed by atoms with Crippen LogP contribution in [-0.4, -0.2) is 23.7 Å². The Balaban J connectivity index is 1.32. The Labute approximate surface area is 186 Å². The summed E-state index contributed by atoms with van der Waals surface area (Å²) in [4.78, 5) is 15.7. The lowest BCUT2D eigenvalue weighted by molar-refractivity contribution is 0.0955. The standard InChI is InChI=1S/C26H25N3O3/c1-3-31-21-12-14-22(15-13-21)32-17-19-8-10-20(11-9-19)26(30)29-27-16-24-18(2)28-25-7-5-4-6-23(24)25/h4-16,28H,3,17H2,1-2H3,(H,29,30)/b27-16-. The fourth-order valence-corrected chi connectivity index (χ4v) is 3.40. The van der Waals surface area contributed by atoms with E-state index in [4.69, 9.17) is 9.47 Å². The third-order valence-electron chi connectivity index (χ3n) is 5.06. The van der Waals surface area contributed by atoms with Gasteiger partial charge in [-0.3, -0.25) is 4.79 Å². The van der Waals surface area contributed by atoms with Gasteiger partial charge in [-0.1, -0.05) is 30.3 Å². The zero-order chi connectivity index (χ0) is 22.3. The van der Waals surface area contributed by atoms with Gasteiger partial charge in [0.1, 0.15) is 18.1 Å². The zero-order valence-electron chi connectivity index (χ0n) is 18.1. The Morgan fingerprint density at radius 3 is 2.38 bits per heavy atom. The number of amides is 1. The zero-order valence-corrected chi connectivity index (χ0v) is 18.1. The molecule has 6 nitrogen and oxygen atoms in total. The molecule has 6 heteroatoms. The molecule has 1 amide bonds. The number of benzene rings is 3. The van der Waals surface area contributed by atoms with Gasteiger partial charge >= 0.3 is 0 Å². The van der Waals surface area contributed by atoms with Gasteiger partial charge in [0.2, 0.25) is 0 Å². The molecule has 1 aromatic heterocycles. The van der Waals surface area contributed by atoms with Crippen molar-refractivity contribution in [1.29, 1.82) is 0 Å². The van der Waals surface area contributed by atoms with Gasteiger partial charge in [-0.05, 0) is 61.9 Å². The van der Waals surface area contributed by atoms with Crippen LogP contribution in [0.15, 0.2) is 77.9 Å². The summed E-state index contributed by atoms with van der Waals surface area (Å²) in [6, 6.07) is 22.8. The van der Waals surface area contributed by atoms with Gasteiger partial charge in [0.05, 0.1) is 12.8 Å².